The molecule has 1 amide bonds. The second-order valence-corrected chi connectivity index (χ2v) is 5.03. The molecule has 6 nitrogen and oxygen atoms in total. The van der Waals surface area contributed by atoms with Gasteiger partial charge in [0, 0.05) is 31.7 Å². The van der Waals surface area contributed by atoms with E-state index in [1.807, 2.05) is 36.7 Å². The summed E-state index contributed by atoms with van der Waals surface area (Å²) in [7, 11) is 1.83. The lowest BCUT2D eigenvalue weighted by atomic mass is 10.1. The van der Waals surface area contributed by atoms with E-state index in [4.69, 9.17) is 0 Å². The third-order valence-corrected chi connectivity index (χ3v) is 3.51. The number of carbonyl (C=O) groups excluding carboxylic acids is 1. The van der Waals surface area contributed by atoms with E-state index in [0.717, 1.165) is 17.8 Å². The molecule has 0 radical (unpaired) electrons. The number of nitrogens with zero attached hydrogens (tertiary/aromatic N) is 4. The minimum absolute atomic E-state index is 0.205. The van der Waals surface area contributed by atoms with Crippen molar-refractivity contribution in [1.29, 1.82) is 0 Å². The Morgan fingerprint density at radius 3 is 3.00 bits per heavy atom. The van der Waals surface area contributed by atoms with Gasteiger partial charge in [-0.1, -0.05) is 6.07 Å². The van der Waals surface area contributed by atoms with Crippen LogP contribution in [0.25, 0.3) is 5.65 Å². The Morgan fingerprint density at radius 2 is 2.26 bits per heavy atom. The van der Waals surface area contributed by atoms with Crippen LogP contribution >= 0.6 is 0 Å². The standard InChI is InChI=1S/C13H17N5O/c1-9-4-3-5-11-15-13(16-18(9)11)14-10-6-7-12(19)17(2)8-10/h3-5,10H,6-8H2,1-2H3,(H,14,16). The number of hydrogen-bond acceptors (Lipinski definition) is 4. The van der Waals surface area contributed by atoms with E-state index in [1.165, 1.54) is 0 Å². The SMILES string of the molecule is Cc1cccc2nc(NC3CCC(=O)N(C)C3)nn12. The summed E-state index contributed by atoms with van der Waals surface area (Å²) in [5, 5.41) is 7.75. The molecule has 1 N–H and O–H groups in total. The summed E-state index contributed by atoms with van der Waals surface area (Å²) in [5.41, 5.74) is 1.89. The molecule has 2 aromatic heterocycles. The fourth-order valence-electron chi connectivity index (χ4n) is 2.41. The first-order valence-corrected chi connectivity index (χ1v) is 6.46. The van der Waals surface area contributed by atoms with Crippen molar-refractivity contribution in [2.24, 2.45) is 0 Å². The molecule has 3 heterocycles. The van der Waals surface area contributed by atoms with E-state index in [1.54, 1.807) is 4.90 Å². The van der Waals surface area contributed by atoms with E-state index in [0.29, 0.717) is 18.9 Å². The third kappa shape index (κ3) is 2.25. The van der Waals surface area contributed by atoms with Crippen LogP contribution in [0, 0.1) is 6.92 Å². The molecule has 3 rings (SSSR count). The number of fused-ring (bicyclic) bond motifs is 1. The average Bonchev–Trinajstić information content (AvgIpc) is 2.78. The quantitative estimate of drug-likeness (QED) is 0.876. The van der Waals surface area contributed by atoms with E-state index < -0.39 is 0 Å². The number of hydrogen-bond donors (Lipinski definition) is 1. The summed E-state index contributed by atoms with van der Waals surface area (Å²) in [4.78, 5) is 17.6. The number of carbonyl (C=O) groups is 1. The van der Waals surface area contributed by atoms with Gasteiger partial charge in [-0.2, -0.15) is 4.98 Å². The first-order chi connectivity index (χ1) is 9.13. The summed E-state index contributed by atoms with van der Waals surface area (Å²) in [6, 6.07) is 6.12. The van der Waals surface area contributed by atoms with Crippen LogP contribution < -0.4 is 5.32 Å². The van der Waals surface area contributed by atoms with Crippen LogP contribution in [0.15, 0.2) is 18.2 Å². The molecule has 1 aliphatic rings. The lowest BCUT2D eigenvalue weighted by molar-refractivity contribution is -0.132. The number of pyridine rings is 1. The van der Waals surface area contributed by atoms with Gasteiger partial charge in [0.05, 0.1) is 0 Å². The molecule has 19 heavy (non-hydrogen) atoms. The normalized spacial score (nSPS) is 20.0. The second kappa shape index (κ2) is 4.53. The van der Waals surface area contributed by atoms with Crippen molar-refractivity contribution < 1.29 is 4.79 Å². The van der Waals surface area contributed by atoms with E-state index in [-0.39, 0.29) is 11.9 Å². The average molecular weight is 259 g/mol. The smallest absolute Gasteiger partial charge is 0.243 e. The molecule has 0 aromatic carbocycles. The maximum atomic E-state index is 11.4. The van der Waals surface area contributed by atoms with Crippen molar-refractivity contribution in [1.82, 2.24) is 19.5 Å². The lowest BCUT2D eigenvalue weighted by Crippen LogP contribution is -2.43. The molecule has 1 fully saturated rings. The van der Waals surface area contributed by atoms with Gasteiger partial charge in [0.1, 0.15) is 0 Å². The third-order valence-electron chi connectivity index (χ3n) is 3.51. The van der Waals surface area contributed by atoms with Crippen molar-refractivity contribution in [3.05, 3.63) is 23.9 Å². The Hall–Kier alpha value is -2.11. The fraction of sp³-hybridized carbons (Fsp3) is 0.462. The van der Waals surface area contributed by atoms with Gasteiger partial charge in [0.25, 0.3) is 0 Å². The van der Waals surface area contributed by atoms with Gasteiger partial charge in [-0.15, -0.1) is 5.10 Å². The summed E-state index contributed by atoms with van der Waals surface area (Å²) in [6.07, 6.45) is 1.41. The molecule has 0 saturated carbocycles. The van der Waals surface area contributed by atoms with Crippen molar-refractivity contribution in [2.45, 2.75) is 25.8 Å². The predicted molar refractivity (Wildman–Crippen MR) is 72.0 cm³/mol. The largest absolute Gasteiger partial charge is 0.348 e. The van der Waals surface area contributed by atoms with Crippen LogP contribution in [0.1, 0.15) is 18.5 Å². The van der Waals surface area contributed by atoms with Crippen LogP contribution in [0.3, 0.4) is 0 Å². The van der Waals surface area contributed by atoms with E-state index >= 15 is 0 Å². The fourth-order valence-corrected chi connectivity index (χ4v) is 2.41. The van der Waals surface area contributed by atoms with Crippen LogP contribution in [0.2, 0.25) is 0 Å². The van der Waals surface area contributed by atoms with Gasteiger partial charge in [0.2, 0.25) is 11.9 Å². The minimum atomic E-state index is 0.205. The van der Waals surface area contributed by atoms with Crippen molar-refractivity contribution in [3.8, 4) is 0 Å². The molecule has 6 heteroatoms. The minimum Gasteiger partial charge on any atom is -0.348 e. The molecule has 1 aliphatic heterocycles. The number of amides is 1. The predicted octanol–water partition coefficient (Wildman–Crippen LogP) is 1.07. The molecule has 0 bridgehead atoms. The Bertz CT molecular complexity index is 621. The van der Waals surface area contributed by atoms with E-state index in [2.05, 4.69) is 15.4 Å². The Kier molecular flexibility index (Phi) is 2.85. The first kappa shape index (κ1) is 12.0. The lowest BCUT2D eigenvalue weighted by Gasteiger charge is -2.29. The van der Waals surface area contributed by atoms with Gasteiger partial charge in [-0.05, 0) is 25.5 Å². The molecule has 2 aromatic rings. The highest BCUT2D eigenvalue weighted by molar-refractivity contribution is 5.76. The molecule has 0 spiro atoms. The van der Waals surface area contributed by atoms with Crippen molar-refractivity contribution in [2.75, 3.05) is 18.9 Å². The van der Waals surface area contributed by atoms with Crippen molar-refractivity contribution in [3.63, 3.8) is 0 Å². The molecule has 1 unspecified atom stereocenters. The topological polar surface area (TPSA) is 62.5 Å². The first-order valence-electron chi connectivity index (χ1n) is 6.46. The van der Waals surface area contributed by atoms with Crippen LogP contribution in [0.5, 0.6) is 0 Å². The van der Waals surface area contributed by atoms with Gasteiger partial charge in [-0.3, -0.25) is 4.79 Å². The van der Waals surface area contributed by atoms with Crippen LogP contribution in [0.4, 0.5) is 5.95 Å². The Balaban J connectivity index is 1.78. The number of likely N-dealkylation sites (N-methyl/N-ethyl adjacent to an activating group) is 1. The highest BCUT2D eigenvalue weighted by Gasteiger charge is 2.23. The maximum Gasteiger partial charge on any atom is 0.243 e. The van der Waals surface area contributed by atoms with Crippen LogP contribution in [-0.4, -0.2) is 45.0 Å². The number of rotatable bonds is 2. The molecule has 100 valence electrons. The zero-order valence-electron chi connectivity index (χ0n) is 11.1. The number of likely N-dealkylation sites (tertiary alicyclic amines) is 1. The van der Waals surface area contributed by atoms with Gasteiger partial charge in [-0.25, -0.2) is 4.52 Å². The molecule has 1 saturated heterocycles. The Labute approximate surface area is 111 Å². The highest BCUT2D eigenvalue weighted by atomic mass is 16.2. The number of aryl methyl sites for hydroxylation is 1. The molecular formula is C13H17N5O. The highest BCUT2D eigenvalue weighted by Crippen LogP contribution is 2.15. The summed E-state index contributed by atoms with van der Waals surface area (Å²) < 4.78 is 1.82. The molecular weight excluding hydrogens is 242 g/mol. The summed E-state index contributed by atoms with van der Waals surface area (Å²) >= 11 is 0. The Morgan fingerprint density at radius 1 is 1.42 bits per heavy atom. The number of aromatic nitrogens is 3. The van der Waals surface area contributed by atoms with Gasteiger partial charge in [0.15, 0.2) is 5.65 Å². The summed E-state index contributed by atoms with van der Waals surface area (Å²) in [6.45, 7) is 2.70. The van der Waals surface area contributed by atoms with Crippen LogP contribution in [-0.2, 0) is 4.79 Å². The number of piperidine rings is 1. The number of nitrogens with one attached hydrogen (secondary N) is 1. The van der Waals surface area contributed by atoms with Gasteiger partial charge < -0.3 is 10.2 Å². The maximum absolute atomic E-state index is 11.4. The zero-order chi connectivity index (χ0) is 13.4. The second-order valence-electron chi connectivity index (χ2n) is 5.03. The summed E-state index contributed by atoms with van der Waals surface area (Å²) in [5.74, 6) is 0.832. The van der Waals surface area contributed by atoms with E-state index in [9.17, 15) is 4.79 Å². The monoisotopic (exact) mass is 259 g/mol. The number of anilines is 1. The zero-order valence-corrected chi connectivity index (χ0v) is 11.1. The molecule has 0 aliphatic carbocycles. The van der Waals surface area contributed by atoms with Gasteiger partial charge >= 0.3 is 0 Å². The molecule has 1 atom stereocenters. The van der Waals surface area contributed by atoms with Crippen molar-refractivity contribution >= 4 is 17.5 Å².